The number of benzene rings is 2. The van der Waals surface area contributed by atoms with Crippen LogP contribution in [0.15, 0.2) is 47.8 Å². The van der Waals surface area contributed by atoms with E-state index in [-0.39, 0.29) is 53.5 Å². The zero-order valence-electron chi connectivity index (χ0n) is 25.8. The van der Waals surface area contributed by atoms with Crippen LogP contribution in [-0.4, -0.2) is 78.8 Å². The predicted octanol–water partition coefficient (Wildman–Crippen LogP) is 3.95. The van der Waals surface area contributed by atoms with E-state index in [4.69, 9.17) is 0 Å². The molecule has 4 heterocycles. The van der Waals surface area contributed by atoms with Crippen molar-refractivity contribution in [1.82, 2.24) is 20.5 Å². The van der Waals surface area contributed by atoms with E-state index < -0.39 is 33.9 Å². The molecule has 13 heteroatoms. The van der Waals surface area contributed by atoms with Crippen molar-refractivity contribution in [3.05, 3.63) is 81.1 Å². The molecule has 0 spiro atoms. The predicted molar refractivity (Wildman–Crippen MR) is 175 cm³/mol. The summed E-state index contributed by atoms with van der Waals surface area (Å²) in [6.07, 6.45) is 3.60. The molecule has 3 saturated heterocycles. The smallest absolute Gasteiger partial charge is 0.254 e. The van der Waals surface area contributed by atoms with Gasteiger partial charge in [0, 0.05) is 41.3 Å². The molecule has 0 saturated carbocycles. The monoisotopic (exact) mass is 669 g/mol. The summed E-state index contributed by atoms with van der Waals surface area (Å²) in [5, 5.41) is 20.4. The number of halogens is 1. The summed E-state index contributed by atoms with van der Waals surface area (Å²) in [6.45, 7) is 3.43. The number of amides is 2. The number of aryl methyl sites for hydroxylation is 1. The van der Waals surface area contributed by atoms with E-state index >= 15 is 0 Å². The normalized spacial score (nSPS) is 22.5. The first-order valence-electron chi connectivity index (χ1n) is 15.9. The van der Waals surface area contributed by atoms with Gasteiger partial charge in [0.2, 0.25) is 10.0 Å². The van der Waals surface area contributed by atoms with Gasteiger partial charge in [0.25, 0.3) is 11.8 Å². The van der Waals surface area contributed by atoms with E-state index in [0.29, 0.717) is 24.9 Å². The van der Waals surface area contributed by atoms with Gasteiger partial charge in [-0.1, -0.05) is 12.1 Å². The van der Waals surface area contributed by atoms with E-state index in [1.807, 2.05) is 12.3 Å². The minimum atomic E-state index is -3.64. The third kappa shape index (κ3) is 7.12. The van der Waals surface area contributed by atoms with Gasteiger partial charge in [-0.15, -0.1) is 11.3 Å². The highest BCUT2D eigenvalue weighted by molar-refractivity contribution is 7.92. The molecule has 46 heavy (non-hydrogen) atoms. The van der Waals surface area contributed by atoms with Gasteiger partial charge in [-0.3, -0.25) is 13.9 Å². The van der Waals surface area contributed by atoms with Crippen LogP contribution in [0.4, 0.5) is 10.1 Å². The average Bonchev–Trinajstić information content (AvgIpc) is 3.82. The van der Waals surface area contributed by atoms with Gasteiger partial charge in [0.1, 0.15) is 10.8 Å². The average molecular weight is 670 g/mol. The van der Waals surface area contributed by atoms with Gasteiger partial charge >= 0.3 is 0 Å². The Hall–Kier alpha value is -3.39. The third-order valence-corrected chi connectivity index (χ3v) is 12.0. The van der Waals surface area contributed by atoms with Crippen LogP contribution in [0.25, 0.3) is 0 Å². The number of carbonyl (C=O) groups excluding carboxylic acids is 2. The number of rotatable bonds is 9. The highest BCUT2D eigenvalue weighted by Crippen LogP contribution is 2.36. The Morgan fingerprint density at radius 3 is 2.65 bits per heavy atom. The standard InChI is InChI=1S/C33H40FN5O5S2/c1-21-20-45-32(36-21)29-10-6-12-38(29)33(42)24-17-23(18-26(19-24)39-13-2-3-14-46(39,43)44)31(41)37-28(30(40)27-9-5-11-35-27)16-22-7-4-8-25(34)15-22/h4,7-8,15,17-20,27-30,35,40H,2-3,5-6,9-14,16H2,1H3,(H,37,41). The maximum atomic E-state index is 14.1. The molecule has 3 N–H and O–H groups in total. The zero-order chi connectivity index (χ0) is 32.4. The second-order valence-electron chi connectivity index (χ2n) is 12.5. The SMILES string of the molecule is Cc1csc(C2CCCN2C(=O)c2cc(C(=O)NC(Cc3cccc(F)c3)C(O)C3CCCN3)cc(N3CCCCS3(=O)=O)c2)n1. The molecule has 2 amide bonds. The van der Waals surface area contributed by atoms with Gasteiger partial charge in [0.05, 0.1) is 29.6 Å². The minimum Gasteiger partial charge on any atom is -0.389 e. The van der Waals surface area contributed by atoms with Crippen molar-refractivity contribution >= 4 is 38.9 Å². The summed E-state index contributed by atoms with van der Waals surface area (Å²) >= 11 is 1.51. The maximum Gasteiger partial charge on any atom is 0.254 e. The Labute approximate surface area is 273 Å². The molecule has 3 aromatic rings. The van der Waals surface area contributed by atoms with E-state index in [2.05, 4.69) is 15.6 Å². The second-order valence-corrected chi connectivity index (χ2v) is 15.4. The zero-order valence-corrected chi connectivity index (χ0v) is 27.5. The molecule has 1 aromatic heterocycles. The summed E-state index contributed by atoms with van der Waals surface area (Å²) < 4.78 is 41.6. The van der Waals surface area contributed by atoms with Crippen LogP contribution in [0.1, 0.15) is 81.5 Å². The first-order valence-corrected chi connectivity index (χ1v) is 18.4. The fourth-order valence-corrected chi connectivity index (χ4v) is 9.32. The van der Waals surface area contributed by atoms with Crippen molar-refractivity contribution in [3.8, 4) is 0 Å². The van der Waals surface area contributed by atoms with Crippen LogP contribution in [-0.2, 0) is 16.4 Å². The molecule has 0 bridgehead atoms. The molecule has 6 rings (SSSR count). The van der Waals surface area contributed by atoms with Crippen molar-refractivity contribution in [3.63, 3.8) is 0 Å². The van der Waals surface area contributed by atoms with E-state index in [0.717, 1.165) is 42.9 Å². The molecule has 0 aliphatic carbocycles. The lowest BCUT2D eigenvalue weighted by Gasteiger charge is -2.30. The van der Waals surface area contributed by atoms with E-state index in [9.17, 15) is 27.5 Å². The Kier molecular flexibility index (Phi) is 9.74. The highest BCUT2D eigenvalue weighted by atomic mass is 32.2. The third-order valence-electron chi connectivity index (χ3n) is 9.08. The summed E-state index contributed by atoms with van der Waals surface area (Å²) in [6, 6.07) is 9.38. The van der Waals surface area contributed by atoms with Crippen LogP contribution in [0.5, 0.6) is 0 Å². The van der Waals surface area contributed by atoms with Crippen LogP contribution < -0.4 is 14.9 Å². The van der Waals surface area contributed by atoms with Crippen LogP contribution >= 0.6 is 11.3 Å². The largest absolute Gasteiger partial charge is 0.389 e. The lowest BCUT2D eigenvalue weighted by molar-refractivity contribution is 0.0733. The quantitative estimate of drug-likeness (QED) is 0.315. The summed E-state index contributed by atoms with van der Waals surface area (Å²) in [5.41, 5.74) is 2.08. The Bertz CT molecular complexity index is 1690. The number of likely N-dealkylation sites (tertiary alicyclic amines) is 1. The van der Waals surface area contributed by atoms with Crippen molar-refractivity contribution in [2.45, 2.75) is 76.1 Å². The first-order chi connectivity index (χ1) is 22.1. The summed E-state index contributed by atoms with van der Waals surface area (Å²) in [7, 11) is -3.64. The second kappa shape index (κ2) is 13.8. The molecular formula is C33H40FN5O5S2. The number of nitrogens with one attached hydrogen (secondary N) is 2. The fraction of sp³-hybridized carbons (Fsp3) is 0.485. The summed E-state index contributed by atoms with van der Waals surface area (Å²) in [5.74, 6) is -1.28. The summed E-state index contributed by atoms with van der Waals surface area (Å²) in [4.78, 5) is 34.5. The molecule has 4 unspecified atom stereocenters. The highest BCUT2D eigenvalue weighted by Gasteiger charge is 2.35. The van der Waals surface area contributed by atoms with Gasteiger partial charge < -0.3 is 20.6 Å². The van der Waals surface area contributed by atoms with Gasteiger partial charge in [0.15, 0.2) is 0 Å². The molecular weight excluding hydrogens is 630 g/mol. The number of hydrogen-bond donors (Lipinski definition) is 3. The van der Waals surface area contributed by atoms with Crippen molar-refractivity contribution < 1.29 is 27.5 Å². The molecule has 3 fully saturated rings. The Balaban J connectivity index is 1.34. The lowest BCUT2D eigenvalue weighted by atomic mass is 9.95. The van der Waals surface area contributed by atoms with Gasteiger partial charge in [-0.2, -0.15) is 0 Å². The molecule has 10 nitrogen and oxygen atoms in total. The number of aliphatic hydroxyl groups excluding tert-OH is 1. The minimum absolute atomic E-state index is 0.0133. The van der Waals surface area contributed by atoms with E-state index in [1.54, 1.807) is 23.1 Å². The lowest BCUT2D eigenvalue weighted by Crippen LogP contribution is -2.52. The van der Waals surface area contributed by atoms with Crippen molar-refractivity contribution in [2.75, 3.05) is 29.7 Å². The van der Waals surface area contributed by atoms with Crippen molar-refractivity contribution in [2.24, 2.45) is 0 Å². The maximum absolute atomic E-state index is 14.1. The number of hydrogen-bond acceptors (Lipinski definition) is 8. The first kappa shape index (κ1) is 32.5. The fourth-order valence-electron chi connectivity index (χ4n) is 6.76. The number of aliphatic hydroxyl groups is 1. The molecule has 2 aromatic carbocycles. The number of sulfonamides is 1. The van der Waals surface area contributed by atoms with E-state index in [1.165, 1.54) is 39.9 Å². The number of nitrogens with zero attached hydrogens (tertiary/aromatic N) is 3. The van der Waals surface area contributed by atoms with Gasteiger partial charge in [-0.05, 0) is 94.3 Å². The number of aromatic nitrogens is 1. The molecule has 246 valence electrons. The van der Waals surface area contributed by atoms with Crippen LogP contribution in [0.3, 0.4) is 0 Å². The Morgan fingerprint density at radius 2 is 1.93 bits per heavy atom. The molecule has 4 atom stereocenters. The number of anilines is 1. The molecule has 0 radical (unpaired) electrons. The molecule has 3 aliphatic heterocycles. The topological polar surface area (TPSA) is 132 Å². The Morgan fingerprint density at radius 1 is 1.11 bits per heavy atom. The van der Waals surface area contributed by atoms with Crippen molar-refractivity contribution in [1.29, 1.82) is 0 Å². The van der Waals surface area contributed by atoms with Crippen LogP contribution in [0.2, 0.25) is 0 Å². The number of carbonyl (C=O) groups is 2. The van der Waals surface area contributed by atoms with Crippen LogP contribution in [0, 0.1) is 12.7 Å². The van der Waals surface area contributed by atoms with Gasteiger partial charge in [-0.25, -0.2) is 17.8 Å². The number of thiazole rings is 1. The molecule has 3 aliphatic rings.